The first-order chi connectivity index (χ1) is 7.56. The first-order valence-corrected chi connectivity index (χ1v) is 4.57. The van der Waals surface area contributed by atoms with Gasteiger partial charge in [-0.05, 0) is 27.7 Å². The molecular weight excluding hydrogens is 302 g/mol. The Kier molecular flexibility index (Phi) is 8.73. The zero-order valence-electron chi connectivity index (χ0n) is 10.6. The highest BCUT2D eigenvalue weighted by atomic mass is 35.5. The van der Waals surface area contributed by atoms with Gasteiger partial charge in [0.2, 0.25) is 6.08 Å². The molecule has 0 unspecified atom stereocenters. The molecule has 10 heteroatoms. The summed E-state index contributed by atoms with van der Waals surface area (Å²) in [6, 6.07) is 0. The van der Waals surface area contributed by atoms with E-state index in [-0.39, 0.29) is 12.4 Å². The van der Waals surface area contributed by atoms with Crippen LogP contribution in [-0.4, -0.2) is 29.5 Å². The molecular formula is C9H15ClF6N2O. The summed E-state index contributed by atoms with van der Waals surface area (Å²) >= 11 is 0. The highest BCUT2D eigenvalue weighted by molar-refractivity contribution is 5.85. The summed E-state index contributed by atoms with van der Waals surface area (Å²) in [5, 5.41) is 0. The van der Waals surface area contributed by atoms with Crippen molar-refractivity contribution in [2.75, 3.05) is 0 Å². The highest BCUT2D eigenvalue weighted by Crippen LogP contribution is 2.32. The van der Waals surface area contributed by atoms with Crippen molar-refractivity contribution in [3.63, 3.8) is 0 Å². The van der Waals surface area contributed by atoms with Gasteiger partial charge in [0.15, 0.2) is 5.54 Å². The van der Waals surface area contributed by atoms with Crippen molar-refractivity contribution in [1.82, 2.24) is 0 Å². The highest BCUT2D eigenvalue weighted by Gasteiger charge is 2.47. The van der Waals surface area contributed by atoms with E-state index in [1.807, 2.05) is 0 Å². The minimum atomic E-state index is -4.48. The number of hydrogen-bond acceptors (Lipinski definition) is 3. The zero-order chi connectivity index (χ0) is 15.4. The lowest BCUT2D eigenvalue weighted by Crippen LogP contribution is -2.47. The molecule has 0 atom stereocenters. The molecule has 0 radical (unpaired) electrons. The Hall–Kier alpha value is -0.790. The topological polar surface area (TPSA) is 55.4 Å². The number of rotatable bonds is 1. The van der Waals surface area contributed by atoms with Gasteiger partial charge in [0.1, 0.15) is 5.54 Å². The fraction of sp³-hybridized carbons (Fsp3) is 0.889. The molecule has 0 saturated heterocycles. The van der Waals surface area contributed by atoms with Crippen LogP contribution in [0.15, 0.2) is 4.99 Å². The Bertz CT molecular complexity index is 300. The maximum Gasteiger partial charge on any atom is 0.413 e. The van der Waals surface area contributed by atoms with E-state index in [0.717, 1.165) is 33.8 Å². The van der Waals surface area contributed by atoms with E-state index in [1.165, 1.54) is 0 Å². The van der Waals surface area contributed by atoms with Crippen LogP contribution in [0.4, 0.5) is 26.3 Å². The Labute approximate surface area is 112 Å². The van der Waals surface area contributed by atoms with Crippen molar-refractivity contribution < 1.29 is 31.1 Å². The van der Waals surface area contributed by atoms with Crippen molar-refractivity contribution in [3.8, 4) is 0 Å². The summed E-state index contributed by atoms with van der Waals surface area (Å²) in [5.74, 6) is 0. The van der Waals surface area contributed by atoms with Crippen molar-refractivity contribution >= 4 is 18.5 Å². The van der Waals surface area contributed by atoms with Crippen LogP contribution in [0.2, 0.25) is 0 Å². The summed E-state index contributed by atoms with van der Waals surface area (Å²) in [6.07, 6.45) is -7.90. The monoisotopic (exact) mass is 316 g/mol. The SMILES string of the molecule is CC(C)(N)C(F)(F)F.CC(C)(N=C=O)C(F)(F)F.Cl. The largest absolute Gasteiger partial charge is 0.413 e. The normalized spacial score (nSPS) is 12.6. The van der Waals surface area contributed by atoms with Crippen LogP contribution in [0.25, 0.3) is 0 Å². The van der Waals surface area contributed by atoms with Crippen LogP contribution >= 0.6 is 12.4 Å². The summed E-state index contributed by atoms with van der Waals surface area (Å²) in [4.78, 5) is 12.1. The van der Waals surface area contributed by atoms with Crippen LogP contribution in [0.1, 0.15) is 27.7 Å². The lowest BCUT2D eigenvalue weighted by molar-refractivity contribution is -0.175. The van der Waals surface area contributed by atoms with E-state index < -0.39 is 23.4 Å². The molecule has 0 rings (SSSR count). The summed E-state index contributed by atoms with van der Waals surface area (Å²) < 4.78 is 69.6. The minimum absolute atomic E-state index is 0. The first-order valence-electron chi connectivity index (χ1n) is 4.57. The second-order valence-corrected chi connectivity index (χ2v) is 4.48. The lowest BCUT2D eigenvalue weighted by atomic mass is 10.1. The molecule has 0 saturated carbocycles. The van der Waals surface area contributed by atoms with Gasteiger partial charge < -0.3 is 5.73 Å². The second kappa shape index (κ2) is 7.12. The number of aliphatic imine (C=N–C) groups is 1. The molecule has 0 aliphatic rings. The third-order valence-electron chi connectivity index (χ3n) is 1.75. The van der Waals surface area contributed by atoms with Gasteiger partial charge in [-0.25, -0.2) is 4.79 Å². The maximum atomic E-state index is 11.7. The van der Waals surface area contributed by atoms with Gasteiger partial charge in [0.05, 0.1) is 0 Å². The predicted octanol–water partition coefficient (Wildman–Crippen LogP) is 3.37. The molecule has 0 aliphatic carbocycles. The van der Waals surface area contributed by atoms with Crippen LogP contribution < -0.4 is 5.73 Å². The number of nitrogens with zero attached hydrogens (tertiary/aromatic N) is 1. The van der Waals surface area contributed by atoms with Gasteiger partial charge in [-0.15, -0.1) is 12.4 Å². The van der Waals surface area contributed by atoms with Crippen molar-refractivity contribution in [3.05, 3.63) is 0 Å². The van der Waals surface area contributed by atoms with Crippen LogP contribution in [-0.2, 0) is 4.79 Å². The number of carbonyl (C=O) groups excluding carboxylic acids is 1. The molecule has 0 spiro atoms. The van der Waals surface area contributed by atoms with Gasteiger partial charge in [0, 0.05) is 0 Å². The summed E-state index contributed by atoms with van der Waals surface area (Å²) in [5.41, 5.74) is 0.314. The average Bonchev–Trinajstić information content (AvgIpc) is 1.98. The lowest BCUT2D eigenvalue weighted by Gasteiger charge is -2.21. The second-order valence-electron chi connectivity index (χ2n) is 4.48. The molecule has 0 aliphatic heterocycles. The molecule has 0 aromatic rings. The van der Waals surface area contributed by atoms with Gasteiger partial charge in [-0.2, -0.15) is 31.3 Å². The third kappa shape index (κ3) is 8.85. The fourth-order valence-corrected chi connectivity index (χ4v) is 0.177. The van der Waals surface area contributed by atoms with E-state index in [1.54, 1.807) is 0 Å². The predicted molar refractivity (Wildman–Crippen MR) is 59.8 cm³/mol. The molecule has 19 heavy (non-hydrogen) atoms. The molecule has 0 bridgehead atoms. The molecule has 0 fully saturated rings. The van der Waals surface area contributed by atoms with Gasteiger partial charge >= 0.3 is 12.4 Å². The number of nitrogens with two attached hydrogens (primary N) is 1. The number of hydrogen-bond donors (Lipinski definition) is 1. The Morgan fingerprint density at radius 3 is 1.21 bits per heavy atom. The summed E-state index contributed by atoms with van der Waals surface area (Å²) in [6.45, 7) is 3.45. The quantitative estimate of drug-likeness (QED) is 0.458. The Morgan fingerprint density at radius 2 is 1.16 bits per heavy atom. The maximum absolute atomic E-state index is 11.7. The van der Waals surface area contributed by atoms with Gasteiger partial charge in [-0.3, -0.25) is 0 Å². The Morgan fingerprint density at radius 1 is 0.895 bits per heavy atom. The molecule has 0 heterocycles. The fourth-order valence-electron chi connectivity index (χ4n) is 0.177. The van der Waals surface area contributed by atoms with Gasteiger partial charge in [-0.1, -0.05) is 0 Å². The van der Waals surface area contributed by atoms with Crippen LogP contribution in [0, 0.1) is 0 Å². The molecule has 2 N–H and O–H groups in total. The average molecular weight is 317 g/mol. The van der Waals surface area contributed by atoms with Crippen molar-refractivity contribution in [2.24, 2.45) is 10.7 Å². The zero-order valence-corrected chi connectivity index (χ0v) is 11.4. The van der Waals surface area contributed by atoms with E-state index in [4.69, 9.17) is 0 Å². The molecule has 0 aromatic carbocycles. The number of halogens is 7. The van der Waals surface area contributed by atoms with Gasteiger partial charge in [0.25, 0.3) is 0 Å². The Balaban J connectivity index is -0.000000262. The van der Waals surface area contributed by atoms with E-state index in [9.17, 15) is 31.1 Å². The molecule has 0 aromatic heterocycles. The van der Waals surface area contributed by atoms with Crippen LogP contribution in [0.3, 0.4) is 0 Å². The molecule has 116 valence electrons. The minimum Gasteiger partial charge on any atom is -0.318 e. The van der Waals surface area contributed by atoms with Crippen LogP contribution in [0.5, 0.6) is 0 Å². The molecule has 0 amide bonds. The van der Waals surface area contributed by atoms with Crippen molar-refractivity contribution in [1.29, 1.82) is 0 Å². The number of alkyl halides is 6. The smallest absolute Gasteiger partial charge is 0.318 e. The standard InChI is InChI=1S/C5H6F3NO.C4H8F3N.ClH/c1-4(2,9-3-10)5(6,7)8;1-3(2,8)4(5,6)7;/h1-2H3;8H2,1-2H3;1H. The number of isocyanates is 1. The van der Waals surface area contributed by atoms with E-state index in [0.29, 0.717) is 0 Å². The van der Waals surface area contributed by atoms with Crippen molar-refractivity contribution in [2.45, 2.75) is 51.1 Å². The first kappa shape index (κ1) is 23.3. The molecule has 3 nitrogen and oxygen atoms in total. The summed E-state index contributed by atoms with van der Waals surface area (Å²) in [7, 11) is 0. The third-order valence-corrected chi connectivity index (χ3v) is 1.75. The van der Waals surface area contributed by atoms with E-state index in [2.05, 4.69) is 10.7 Å². The van der Waals surface area contributed by atoms with E-state index >= 15 is 0 Å².